The van der Waals surface area contributed by atoms with E-state index in [0.717, 1.165) is 6.07 Å². The van der Waals surface area contributed by atoms with E-state index in [-0.39, 0.29) is 16.9 Å². The highest BCUT2D eigenvalue weighted by Gasteiger charge is 2.28. The summed E-state index contributed by atoms with van der Waals surface area (Å²) in [5, 5.41) is 21.8. The van der Waals surface area contributed by atoms with Crippen LogP contribution in [-0.2, 0) is 0 Å². The fraction of sp³-hybridized carbons (Fsp3) is 0.208. The molecule has 0 radical (unpaired) electrons. The molecule has 2 heterocycles. The number of halogens is 4. The van der Waals surface area contributed by atoms with Crippen LogP contribution in [0.5, 0.6) is 5.75 Å². The van der Waals surface area contributed by atoms with Gasteiger partial charge in [-0.2, -0.15) is 5.26 Å². The van der Waals surface area contributed by atoms with E-state index in [1.807, 2.05) is 11.0 Å². The highest BCUT2D eigenvalue weighted by Crippen LogP contribution is 2.33. The summed E-state index contributed by atoms with van der Waals surface area (Å²) in [5.41, 5.74) is -2.56. The summed E-state index contributed by atoms with van der Waals surface area (Å²) < 4.78 is 44.0. The lowest BCUT2D eigenvalue weighted by Crippen LogP contribution is -2.23. The van der Waals surface area contributed by atoms with E-state index < -0.39 is 23.4 Å². The van der Waals surface area contributed by atoms with Gasteiger partial charge >= 0.3 is 5.57 Å². The molecule has 1 fully saturated rings. The van der Waals surface area contributed by atoms with Gasteiger partial charge in [-0.05, 0) is 60.5 Å². The van der Waals surface area contributed by atoms with Crippen molar-refractivity contribution in [2.45, 2.75) is 18.1 Å². The van der Waals surface area contributed by atoms with E-state index in [2.05, 4.69) is 15.0 Å². The minimum atomic E-state index is -3.86. The van der Waals surface area contributed by atoms with Crippen LogP contribution in [0.2, 0.25) is 0 Å². The van der Waals surface area contributed by atoms with Crippen LogP contribution < -0.4 is 15.0 Å². The minimum Gasteiger partial charge on any atom is -0.420 e. The van der Waals surface area contributed by atoms with Crippen molar-refractivity contribution < 1.29 is 27.8 Å². The van der Waals surface area contributed by atoms with Crippen LogP contribution in [0.4, 0.5) is 24.7 Å². The van der Waals surface area contributed by atoms with Crippen molar-refractivity contribution in [1.82, 2.24) is 4.98 Å². The molecule has 3 aromatic rings. The average Bonchev–Trinajstić information content (AvgIpc) is 3.24. The van der Waals surface area contributed by atoms with Crippen LogP contribution in [0.1, 0.15) is 22.3 Å². The van der Waals surface area contributed by atoms with Crippen molar-refractivity contribution in [3.05, 3.63) is 71.7 Å². The number of rotatable bonds is 6. The molecule has 1 unspecified atom stereocenters. The van der Waals surface area contributed by atoms with Gasteiger partial charge in [-0.3, -0.25) is 4.79 Å². The zero-order chi connectivity index (χ0) is 25.2. The van der Waals surface area contributed by atoms with E-state index in [4.69, 9.17) is 11.6 Å². The summed E-state index contributed by atoms with van der Waals surface area (Å²) in [5.74, 6) is -0.925. The molecule has 1 aromatic heterocycles. The summed E-state index contributed by atoms with van der Waals surface area (Å²) >= 11 is 4.74. The number of pyridine rings is 1. The number of carbonyl (C=O) groups is 1. The normalized spacial score (nSPS) is 15.5. The second kappa shape index (κ2) is 9.82. The molecule has 0 aliphatic carbocycles. The zero-order valence-electron chi connectivity index (χ0n) is 18.0. The number of amides is 1. The third-order valence-corrected chi connectivity index (χ3v) is 5.35. The molecule has 2 aromatic carbocycles. The minimum absolute atomic E-state index is 0.104. The molecule has 7 nitrogen and oxygen atoms in total. The van der Waals surface area contributed by atoms with Gasteiger partial charge in [0.1, 0.15) is 17.4 Å². The predicted octanol–water partition coefficient (Wildman–Crippen LogP) is 4.75. The van der Waals surface area contributed by atoms with Crippen LogP contribution in [0.3, 0.4) is 0 Å². The number of alkyl halides is 3. The number of benzene rings is 2. The molecule has 35 heavy (non-hydrogen) atoms. The highest BCUT2D eigenvalue weighted by molar-refractivity contribution is 6.20. The molecule has 1 saturated heterocycles. The van der Waals surface area contributed by atoms with E-state index in [9.17, 15) is 28.3 Å². The first-order chi connectivity index (χ1) is 16.6. The fourth-order valence-electron chi connectivity index (χ4n) is 3.73. The molecule has 0 spiro atoms. The van der Waals surface area contributed by atoms with Gasteiger partial charge in [0.2, 0.25) is 0 Å². The van der Waals surface area contributed by atoms with E-state index in [1.54, 1.807) is 0 Å². The Bertz CT molecular complexity index is 1290. The predicted molar refractivity (Wildman–Crippen MR) is 123 cm³/mol. The highest BCUT2D eigenvalue weighted by atomic mass is 35.5. The number of aromatic nitrogens is 1. The van der Waals surface area contributed by atoms with Crippen molar-refractivity contribution in [3.8, 4) is 22.9 Å². The monoisotopic (exact) mass is 502 g/mol. The second-order valence-corrected chi connectivity index (χ2v) is 8.29. The summed E-state index contributed by atoms with van der Waals surface area (Å²) in [4.78, 5) is 19.1. The first-order valence-corrected chi connectivity index (χ1v) is 10.8. The molecule has 1 aliphatic rings. The average molecular weight is 503 g/mol. The lowest BCUT2D eigenvalue weighted by atomic mass is 10.0. The Morgan fingerprint density at radius 3 is 2.63 bits per heavy atom. The zero-order valence-corrected chi connectivity index (χ0v) is 18.8. The maximum Gasteiger partial charge on any atom is 0.487 e. The maximum atomic E-state index is 14.2. The number of β-amino-alcohol motifs (C(OH)–C–C–N with tert-alkyl or cyclic N) is 1. The summed E-state index contributed by atoms with van der Waals surface area (Å²) in [6.45, 7) is 0.838. The van der Waals surface area contributed by atoms with Crippen molar-refractivity contribution >= 4 is 29.0 Å². The largest absolute Gasteiger partial charge is 0.487 e. The number of hydrogen-bond acceptors (Lipinski definition) is 6. The van der Waals surface area contributed by atoms with Crippen molar-refractivity contribution in [2.75, 3.05) is 23.3 Å². The molecule has 4 rings (SSSR count). The molecule has 1 amide bonds. The Hall–Kier alpha value is -3.81. The number of hydrogen-bond donors (Lipinski definition) is 2. The third-order valence-electron chi connectivity index (χ3n) is 5.28. The van der Waals surface area contributed by atoms with E-state index in [1.165, 1.54) is 48.7 Å². The third kappa shape index (κ3) is 6.01. The number of aliphatic hydroxyl groups excluding tert-OH is 1. The van der Waals surface area contributed by atoms with E-state index >= 15 is 0 Å². The van der Waals surface area contributed by atoms with Crippen LogP contribution in [0, 0.1) is 17.1 Å². The SMILES string of the molecule is N#Cc1cc(F)cc(-c2cc(C(=O)Nc3ccc(OC(F)(F)Cl)cc3)cnc2N2CCC(O)C2)c1. The lowest BCUT2D eigenvalue weighted by Gasteiger charge is -2.21. The Kier molecular flexibility index (Phi) is 6.82. The van der Waals surface area contributed by atoms with Gasteiger partial charge < -0.3 is 20.1 Å². The van der Waals surface area contributed by atoms with Gasteiger partial charge in [0.25, 0.3) is 5.91 Å². The quantitative estimate of drug-likeness (QED) is 0.472. The number of aliphatic hydroxyl groups is 1. The molecule has 0 bridgehead atoms. The first kappa shape index (κ1) is 24.3. The number of carbonyl (C=O) groups excluding carboxylic acids is 1. The van der Waals surface area contributed by atoms with Gasteiger partial charge in [0.05, 0.1) is 23.3 Å². The van der Waals surface area contributed by atoms with Crippen molar-refractivity contribution in [3.63, 3.8) is 0 Å². The molecule has 1 aliphatic heterocycles. The Morgan fingerprint density at radius 2 is 2.00 bits per heavy atom. The summed E-state index contributed by atoms with van der Waals surface area (Å²) in [7, 11) is 0. The molecule has 0 saturated carbocycles. The topological polar surface area (TPSA) is 98.5 Å². The van der Waals surface area contributed by atoms with Crippen LogP contribution in [-0.4, -0.2) is 40.8 Å². The van der Waals surface area contributed by atoms with Gasteiger partial charge in [0.15, 0.2) is 0 Å². The standard InChI is InChI=1S/C24H18ClF3N4O3/c25-24(27,28)35-20-3-1-18(2-4-20)31-23(34)16-10-21(15-7-14(11-29)8-17(26)9-15)22(30-12-16)32-6-5-19(33)13-32/h1-4,7-10,12,19,33H,5-6,13H2,(H,31,34). The van der Waals surface area contributed by atoms with Gasteiger partial charge in [-0.25, -0.2) is 9.37 Å². The van der Waals surface area contributed by atoms with Crippen LogP contribution in [0.15, 0.2) is 54.7 Å². The van der Waals surface area contributed by atoms with E-state index in [0.29, 0.717) is 42.1 Å². The summed E-state index contributed by atoms with van der Waals surface area (Å²) in [6.07, 6.45) is 1.33. The van der Waals surface area contributed by atoms with Crippen LogP contribution in [0.25, 0.3) is 11.1 Å². The smallest absolute Gasteiger partial charge is 0.420 e. The molecule has 2 N–H and O–H groups in total. The summed E-state index contributed by atoms with van der Waals surface area (Å²) in [6, 6.07) is 12.4. The number of nitriles is 1. The Balaban J connectivity index is 1.65. The fourth-order valence-corrected chi connectivity index (χ4v) is 3.82. The van der Waals surface area contributed by atoms with Crippen molar-refractivity contribution in [1.29, 1.82) is 5.26 Å². The lowest BCUT2D eigenvalue weighted by molar-refractivity contribution is -0.0964. The number of nitrogens with zero attached hydrogens (tertiary/aromatic N) is 3. The number of nitrogens with one attached hydrogen (secondary N) is 1. The van der Waals surface area contributed by atoms with Gasteiger partial charge in [-0.15, -0.1) is 8.78 Å². The maximum absolute atomic E-state index is 14.2. The van der Waals surface area contributed by atoms with Gasteiger partial charge in [-0.1, -0.05) is 0 Å². The molecule has 1 atom stereocenters. The Morgan fingerprint density at radius 1 is 1.26 bits per heavy atom. The second-order valence-electron chi connectivity index (χ2n) is 7.85. The number of anilines is 2. The number of ether oxygens (including phenoxy) is 1. The molecular formula is C24H18ClF3N4O3. The van der Waals surface area contributed by atoms with Crippen LogP contribution >= 0.6 is 11.6 Å². The van der Waals surface area contributed by atoms with Crippen molar-refractivity contribution in [2.24, 2.45) is 0 Å². The molecule has 180 valence electrons. The van der Waals surface area contributed by atoms with Gasteiger partial charge in [0, 0.05) is 42.1 Å². The Labute approximate surface area is 203 Å². The first-order valence-electron chi connectivity index (χ1n) is 10.4. The molecular weight excluding hydrogens is 485 g/mol. The molecule has 11 heteroatoms.